The number of aliphatic hydroxyl groups excluding tert-OH is 1. The Morgan fingerprint density at radius 3 is 2.43 bits per heavy atom. The molecule has 0 saturated heterocycles. The number of rotatable bonds is 9. The number of unbranched alkanes of at least 4 members (excludes halogenated alkanes) is 1. The lowest BCUT2D eigenvalue weighted by Crippen LogP contribution is -2.24. The molecule has 0 radical (unpaired) electrons. The summed E-state index contributed by atoms with van der Waals surface area (Å²) in [5.41, 5.74) is 5.87. The minimum Gasteiger partial charge on any atom is -0.409 e. The van der Waals surface area contributed by atoms with Crippen molar-refractivity contribution in [3.05, 3.63) is 29.8 Å². The van der Waals surface area contributed by atoms with Crippen LogP contribution >= 0.6 is 0 Å². The van der Waals surface area contributed by atoms with Crippen LogP contribution in [0.15, 0.2) is 34.3 Å². The molecule has 0 unspecified atom stereocenters. The van der Waals surface area contributed by atoms with Gasteiger partial charge < -0.3 is 21.4 Å². The molecule has 0 saturated carbocycles. The minimum atomic E-state index is -3.36. The Labute approximate surface area is 124 Å². The second-order valence-electron chi connectivity index (χ2n) is 4.51. The van der Waals surface area contributed by atoms with E-state index in [9.17, 15) is 8.42 Å². The lowest BCUT2D eigenvalue weighted by molar-refractivity contribution is 0.284. The fraction of sp³-hybridized carbons (Fsp3) is 0.462. The van der Waals surface area contributed by atoms with Crippen LogP contribution in [0.4, 0.5) is 0 Å². The summed E-state index contributed by atoms with van der Waals surface area (Å²) in [6.45, 7) is 1.18. The zero-order valence-electron chi connectivity index (χ0n) is 11.7. The van der Waals surface area contributed by atoms with Gasteiger partial charge in [-0.25, -0.2) is 8.42 Å². The molecule has 0 amide bonds. The van der Waals surface area contributed by atoms with Gasteiger partial charge in [0.2, 0.25) is 0 Å². The van der Waals surface area contributed by atoms with E-state index in [0.29, 0.717) is 25.1 Å². The molecule has 0 heterocycles. The van der Waals surface area contributed by atoms with Crippen molar-refractivity contribution in [2.75, 3.05) is 25.4 Å². The summed E-state index contributed by atoms with van der Waals surface area (Å²) in [5.74, 6) is -0.0702. The van der Waals surface area contributed by atoms with Crippen molar-refractivity contribution < 1.29 is 18.7 Å². The SMILES string of the molecule is N/C(=N/O)c1ccc(S(=O)(=O)CCNCCCCO)cc1. The second kappa shape index (κ2) is 8.60. The zero-order valence-corrected chi connectivity index (χ0v) is 12.5. The molecule has 118 valence electrons. The summed E-state index contributed by atoms with van der Waals surface area (Å²) in [4.78, 5) is 0.203. The number of oxime groups is 1. The van der Waals surface area contributed by atoms with E-state index in [1.807, 2.05) is 0 Å². The van der Waals surface area contributed by atoms with Crippen LogP contribution in [0.25, 0.3) is 0 Å². The first-order valence-electron chi connectivity index (χ1n) is 6.63. The van der Waals surface area contributed by atoms with Crippen LogP contribution in [0.2, 0.25) is 0 Å². The molecule has 21 heavy (non-hydrogen) atoms. The van der Waals surface area contributed by atoms with Gasteiger partial charge in [0.05, 0.1) is 10.6 Å². The molecule has 8 heteroatoms. The van der Waals surface area contributed by atoms with Crippen LogP contribution in [0.3, 0.4) is 0 Å². The van der Waals surface area contributed by atoms with Gasteiger partial charge in [-0.1, -0.05) is 5.16 Å². The first-order chi connectivity index (χ1) is 10.0. The lowest BCUT2D eigenvalue weighted by Gasteiger charge is -2.07. The molecule has 0 aliphatic carbocycles. The molecule has 0 aromatic heterocycles. The van der Waals surface area contributed by atoms with E-state index in [1.165, 1.54) is 24.3 Å². The molecule has 5 N–H and O–H groups in total. The van der Waals surface area contributed by atoms with Crippen molar-refractivity contribution in [2.24, 2.45) is 10.9 Å². The van der Waals surface area contributed by atoms with E-state index in [0.717, 1.165) is 6.42 Å². The average Bonchev–Trinajstić information content (AvgIpc) is 2.50. The third kappa shape index (κ3) is 5.70. The number of amidine groups is 1. The Morgan fingerprint density at radius 2 is 1.86 bits per heavy atom. The molecule has 7 nitrogen and oxygen atoms in total. The average molecular weight is 315 g/mol. The number of sulfone groups is 1. The van der Waals surface area contributed by atoms with Crippen LogP contribution in [-0.2, 0) is 9.84 Å². The van der Waals surface area contributed by atoms with Crippen LogP contribution in [-0.4, -0.2) is 50.0 Å². The zero-order chi connectivity index (χ0) is 15.7. The van der Waals surface area contributed by atoms with Gasteiger partial charge in [-0.2, -0.15) is 0 Å². The molecule has 1 aromatic rings. The molecule has 1 rings (SSSR count). The Bertz CT molecular complexity index is 555. The first-order valence-corrected chi connectivity index (χ1v) is 8.29. The predicted molar refractivity (Wildman–Crippen MR) is 80.2 cm³/mol. The summed E-state index contributed by atoms with van der Waals surface area (Å²) in [5, 5.41) is 23.0. The molecule has 0 spiro atoms. The highest BCUT2D eigenvalue weighted by Gasteiger charge is 2.14. The molecule has 0 fully saturated rings. The number of hydrogen-bond donors (Lipinski definition) is 4. The van der Waals surface area contributed by atoms with Crippen LogP contribution in [0.5, 0.6) is 0 Å². The first kappa shape index (κ1) is 17.4. The highest BCUT2D eigenvalue weighted by atomic mass is 32.2. The lowest BCUT2D eigenvalue weighted by atomic mass is 10.2. The third-order valence-corrected chi connectivity index (χ3v) is 4.66. The molecular formula is C13H21N3O4S. The molecular weight excluding hydrogens is 294 g/mol. The third-order valence-electron chi connectivity index (χ3n) is 2.93. The number of nitrogens with two attached hydrogens (primary N) is 1. The fourth-order valence-electron chi connectivity index (χ4n) is 1.70. The summed E-state index contributed by atoms with van der Waals surface area (Å²) >= 11 is 0. The van der Waals surface area contributed by atoms with E-state index in [4.69, 9.17) is 16.0 Å². The van der Waals surface area contributed by atoms with E-state index in [1.54, 1.807) is 0 Å². The van der Waals surface area contributed by atoms with E-state index in [-0.39, 0.29) is 23.1 Å². The predicted octanol–water partition coefficient (Wildman–Crippen LogP) is -0.0831. The second-order valence-corrected chi connectivity index (χ2v) is 6.62. The number of nitrogens with one attached hydrogen (secondary N) is 1. The molecule has 0 bridgehead atoms. The molecule has 0 aliphatic rings. The quantitative estimate of drug-likeness (QED) is 0.166. The number of nitrogens with zero attached hydrogens (tertiary/aromatic N) is 1. The number of benzene rings is 1. The van der Waals surface area contributed by atoms with Crippen LogP contribution < -0.4 is 11.1 Å². The Kier molecular flexibility index (Phi) is 7.13. The van der Waals surface area contributed by atoms with E-state index >= 15 is 0 Å². The number of hydrogen-bond acceptors (Lipinski definition) is 6. The van der Waals surface area contributed by atoms with Crippen molar-refractivity contribution >= 4 is 15.7 Å². The standard InChI is InChI=1S/C13H21N3O4S/c14-13(16-18)11-3-5-12(6-4-11)21(19,20)10-8-15-7-1-2-9-17/h3-6,15,17-18H,1-2,7-10H2,(H2,14,16). The topological polar surface area (TPSA) is 125 Å². The van der Waals surface area contributed by atoms with Crippen molar-refractivity contribution in [3.63, 3.8) is 0 Å². The van der Waals surface area contributed by atoms with E-state index < -0.39 is 9.84 Å². The van der Waals surface area contributed by atoms with Gasteiger partial charge in [0.25, 0.3) is 0 Å². The monoisotopic (exact) mass is 315 g/mol. The van der Waals surface area contributed by atoms with Gasteiger partial charge in [-0.3, -0.25) is 0 Å². The summed E-state index contributed by atoms with van der Waals surface area (Å²) < 4.78 is 24.2. The Balaban J connectivity index is 2.54. The van der Waals surface area contributed by atoms with Crippen molar-refractivity contribution in [1.82, 2.24) is 5.32 Å². The van der Waals surface area contributed by atoms with Crippen molar-refractivity contribution in [1.29, 1.82) is 0 Å². The van der Waals surface area contributed by atoms with Gasteiger partial charge in [0, 0.05) is 18.7 Å². The van der Waals surface area contributed by atoms with Gasteiger partial charge in [-0.05, 0) is 43.7 Å². The summed E-state index contributed by atoms with van der Waals surface area (Å²) in [7, 11) is -3.36. The van der Waals surface area contributed by atoms with Gasteiger partial charge >= 0.3 is 0 Å². The largest absolute Gasteiger partial charge is 0.409 e. The maximum Gasteiger partial charge on any atom is 0.179 e. The van der Waals surface area contributed by atoms with Gasteiger partial charge in [-0.15, -0.1) is 0 Å². The minimum absolute atomic E-state index is 0.00492. The highest BCUT2D eigenvalue weighted by molar-refractivity contribution is 7.91. The Hall–Kier alpha value is -1.64. The van der Waals surface area contributed by atoms with Crippen molar-refractivity contribution in [2.45, 2.75) is 17.7 Å². The number of aliphatic hydroxyl groups is 1. The smallest absolute Gasteiger partial charge is 0.179 e. The van der Waals surface area contributed by atoms with Gasteiger partial charge in [0.1, 0.15) is 0 Å². The maximum absolute atomic E-state index is 12.1. The highest BCUT2D eigenvalue weighted by Crippen LogP contribution is 2.12. The summed E-state index contributed by atoms with van der Waals surface area (Å²) in [6, 6.07) is 5.87. The Morgan fingerprint density at radius 1 is 1.19 bits per heavy atom. The van der Waals surface area contributed by atoms with Crippen LogP contribution in [0.1, 0.15) is 18.4 Å². The normalized spacial score (nSPS) is 12.5. The fourth-order valence-corrected chi connectivity index (χ4v) is 2.90. The van der Waals surface area contributed by atoms with E-state index in [2.05, 4.69) is 10.5 Å². The van der Waals surface area contributed by atoms with Crippen molar-refractivity contribution in [3.8, 4) is 0 Å². The molecule has 0 aliphatic heterocycles. The summed E-state index contributed by atoms with van der Waals surface area (Å²) in [6.07, 6.45) is 1.51. The van der Waals surface area contributed by atoms with Crippen LogP contribution in [0, 0.1) is 0 Å². The molecule has 1 aromatic carbocycles. The molecule has 0 atom stereocenters. The maximum atomic E-state index is 12.1. The van der Waals surface area contributed by atoms with Gasteiger partial charge in [0.15, 0.2) is 15.7 Å².